The van der Waals surface area contributed by atoms with Gasteiger partial charge in [-0.2, -0.15) is 0 Å². The fourth-order valence-corrected chi connectivity index (χ4v) is 4.75. The van der Waals surface area contributed by atoms with Gasteiger partial charge in [-0.05, 0) is 63.4 Å². The number of fused-ring (bicyclic) bond motifs is 1. The van der Waals surface area contributed by atoms with Crippen molar-refractivity contribution in [2.24, 2.45) is 0 Å². The average Bonchev–Trinajstić information content (AvgIpc) is 3.09. The van der Waals surface area contributed by atoms with E-state index in [1.165, 1.54) is 32.4 Å². The largest absolute Gasteiger partial charge is 0.338 e. The molecule has 0 aliphatic carbocycles. The number of hydrogen-bond acceptors (Lipinski definition) is 3. The molecule has 3 amide bonds. The Labute approximate surface area is 167 Å². The van der Waals surface area contributed by atoms with Gasteiger partial charge in [0.25, 0.3) is 5.91 Å². The molecule has 1 aromatic rings. The van der Waals surface area contributed by atoms with Crippen LogP contribution in [0.3, 0.4) is 0 Å². The molecule has 0 aromatic heterocycles. The number of piperidine rings is 2. The SMILES string of the molecule is O=C(NCCCN1CCCCC1)N1CCC(N2Cc3ccccc3C2=O)CC1. The molecule has 0 bridgehead atoms. The summed E-state index contributed by atoms with van der Waals surface area (Å²) in [5, 5.41) is 3.08. The third-order valence-electron chi connectivity index (χ3n) is 6.42. The predicted octanol–water partition coefficient (Wildman–Crippen LogP) is 2.69. The van der Waals surface area contributed by atoms with E-state index in [0.717, 1.165) is 56.6 Å². The maximum absolute atomic E-state index is 12.6. The van der Waals surface area contributed by atoms with Crippen LogP contribution in [0, 0.1) is 0 Å². The van der Waals surface area contributed by atoms with Crippen molar-refractivity contribution in [3.63, 3.8) is 0 Å². The molecular weight excluding hydrogens is 352 g/mol. The van der Waals surface area contributed by atoms with Gasteiger partial charge in [0.05, 0.1) is 0 Å². The molecule has 1 aromatic carbocycles. The topological polar surface area (TPSA) is 55.9 Å². The van der Waals surface area contributed by atoms with Crippen LogP contribution < -0.4 is 5.32 Å². The second-order valence-corrected chi connectivity index (χ2v) is 8.30. The molecule has 4 rings (SSSR count). The highest BCUT2D eigenvalue weighted by molar-refractivity contribution is 5.98. The second kappa shape index (κ2) is 8.95. The molecule has 0 saturated carbocycles. The lowest BCUT2D eigenvalue weighted by Gasteiger charge is -2.36. The van der Waals surface area contributed by atoms with E-state index in [0.29, 0.717) is 6.54 Å². The lowest BCUT2D eigenvalue weighted by Crippen LogP contribution is -2.49. The van der Waals surface area contributed by atoms with Gasteiger partial charge in [0, 0.05) is 37.8 Å². The normalized spacial score (nSPS) is 21.1. The zero-order valence-corrected chi connectivity index (χ0v) is 16.7. The van der Waals surface area contributed by atoms with E-state index < -0.39 is 0 Å². The number of urea groups is 1. The highest BCUT2D eigenvalue weighted by Crippen LogP contribution is 2.28. The van der Waals surface area contributed by atoms with Crippen molar-refractivity contribution < 1.29 is 9.59 Å². The van der Waals surface area contributed by atoms with Crippen LogP contribution in [0.25, 0.3) is 0 Å². The van der Waals surface area contributed by atoms with Crippen molar-refractivity contribution in [3.8, 4) is 0 Å². The lowest BCUT2D eigenvalue weighted by molar-refractivity contribution is 0.0622. The van der Waals surface area contributed by atoms with Gasteiger partial charge in [0.15, 0.2) is 0 Å². The Kier molecular flexibility index (Phi) is 6.15. The minimum Gasteiger partial charge on any atom is -0.338 e. The number of nitrogens with one attached hydrogen (secondary N) is 1. The van der Waals surface area contributed by atoms with E-state index in [4.69, 9.17) is 0 Å². The summed E-state index contributed by atoms with van der Waals surface area (Å²) in [5.74, 6) is 0.149. The predicted molar refractivity (Wildman–Crippen MR) is 109 cm³/mol. The Hall–Kier alpha value is -2.08. The highest BCUT2D eigenvalue weighted by Gasteiger charge is 2.34. The Morgan fingerprint density at radius 1 is 1.04 bits per heavy atom. The molecule has 3 aliphatic rings. The third-order valence-corrected chi connectivity index (χ3v) is 6.42. The molecule has 0 spiro atoms. The molecular formula is C22H32N4O2. The number of rotatable bonds is 5. The number of carbonyl (C=O) groups excluding carboxylic acids is 2. The zero-order valence-electron chi connectivity index (χ0n) is 16.7. The standard InChI is InChI=1S/C22H32N4O2/c27-21-20-8-3-2-7-18(20)17-26(21)19-9-15-25(16-10-19)22(28)23-11-6-14-24-12-4-1-5-13-24/h2-3,7-8,19H,1,4-6,9-17H2,(H,23,28). The Morgan fingerprint density at radius 3 is 2.54 bits per heavy atom. The minimum absolute atomic E-state index is 0.0492. The van der Waals surface area contributed by atoms with E-state index >= 15 is 0 Å². The average molecular weight is 385 g/mol. The minimum atomic E-state index is 0.0492. The molecule has 152 valence electrons. The van der Waals surface area contributed by atoms with Crippen LogP contribution in [0.4, 0.5) is 4.79 Å². The summed E-state index contributed by atoms with van der Waals surface area (Å²) in [6.45, 7) is 6.41. The van der Waals surface area contributed by atoms with Crippen LogP contribution >= 0.6 is 0 Å². The van der Waals surface area contributed by atoms with Crippen molar-refractivity contribution in [1.82, 2.24) is 20.0 Å². The molecule has 28 heavy (non-hydrogen) atoms. The summed E-state index contributed by atoms with van der Waals surface area (Å²) >= 11 is 0. The Balaban J connectivity index is 1.17. The summed E-state index contributed by atoms with van der Waals surface area (Å²) in [6, 6.07) is 8.17. The molecule has 0 unspecified atom stereocenters. The third kappa shape index (κ3) is 4.32. The van der Waals surface area contributed by atoms with E-state index in [2.05, 4.69) is 10.2 Å². The van der Waals surface area contributed by atoms with Crippen molar-refractivity contribution in [2.45, 2.75) is 51.1 Å². The quantitative estimate of drug-likeness (QED) is 0.794. The van der Waals surface area contributed by atoms with Crippen molar-refractivity contribution >= 4 is 11.9 Å². The van der Waals surface area contributed by atoms with Gasteiger partial charge in [-0.25, -0.2) is 4.79 Å². The fraction of sp³-hybridized carbons (Fsp3) is 0.636. The summed E-state index contributed by atoms with van der Waals surface area (Å²) in [6.07, 6.45) is 6.72. The maximum Gasteiger partial charge on any atom is 0.317 e. The summed E-state index contributed by atoms with van der Waals surface area (Å²) < 4.78 is 0. The molecule has 6 nitrogen and oxygen atoms in total. The molecule has 2 saturated heterocycles. The fourth-order valence-electron chi connectivity index (χ4n) is 4.75. The molecule has 6 heteroatoms. The lowest BCUT2D eigenvalue weighted by atomic mass is 10.0. The molecule has 0 atom stereocenters. The smallest absolute Gasteiger partial charge is 0.317 e. The zero-order chi connectivity index (χ0) is 19.3. The molecule has 2 fully saturated rings. The number of nitrogens with zero attached hydrogens (tertiary/aromatic N) is 3. The number of likely N-dealkylation sites (tertiary alicyclic amines) is 2. The van der Waals surface area contributed by atoms with Crippen LogP contribution in [-0.2, 0) is 6.54 Å². The first-order chi connectivity index (χ1) is 13.7. The number of benzene rings is 1. The summed E-state index contributed by atoms with van der Waals surface area (Å²) in [4.78, 5) is 31.5. The Morgan fingerprint density at radius 2 is 1.79 bits per heavy atom. The van der Waals surface area contributed by atoms with Gasteiger partial charge in [-0.1, -0.05) is 24.6 Å². The van der Waals surface area contributed by atoms with Gasteiger partial charge in [-0.15, -0.1) is 0 Å². The van der Waals surface area contributed by atoms with Crippen molar-refractivity contribution in [1.29, 1.82) is 0 Å². The number of amides is 3. The van der Waals surface area contributed by atoms with E-state index in [1.54, 1.807) is 0 Å². The van der Waals surface area contributed by atoms with Gasteiger partial charge >= 0.3 is 6.03 Å². The summed E-state index contributed by atoms with van der Waals surface area (Å²) in [7, 11) is 0. The second-order valence-electron chi connectivity index (χ2n) is 8.30. The molecule has 1 N–H and O–H groups in total. The van der Waals surface area contributed by atoms with Crippen LogP contribution in [0.5, 0.6) is 0 Å². The number of hydrogen-bond donors (Lipinski definition) is 1. The van der Waals surface area contributed by atoms with Crippen LogP contribution in [0.1, 0.15) is 54.4 Å². The van der Waals surface area contributed by atoms with Gasteiger partial charge in [0.2, 0.25) is 0 Å². The maximum atomic E-state index is 12.6. The number of carbonyl (C=O) groups is 2. The van der Waals surface area contributed by atoms with Crippen LogP contribution in [-0.4, -0.2) is 71.9 Å². The van der Waals surface area contributed by atoms with Gasteiger partial charge in [-0.3, -0.25) is 4.79 Å². The van der Waals surface area contributed by atoms with Crippen LogP contribution in [0.2, 0.25) is 0 Å². The van der Waals surface area contributed by atoms with Crippen molar-refractivity contribution in [3.05, 3.63) is 35.4 Å². The van der Waals surface area contributed by atoms with Crippen LogP contribution in [0.15, 0.2) is 24.3 Å². The van der Waals surface area contributed by atoms with Gasteiger partial charge < -0.3 is 20.0 Å². The highest BCUT2D eigenvalue weighted by atomic mass is 16.2. The molecule has 3 aliphatic heterocycles. The van der Waals surface area contributed by atoms with E-state index in [1.807, 2.05) is 34.1 Å². The monoisotopic (exact) mass is 384 g/mol. The first kappa shape index (κ1) is 19.2. The first-order valence-corrected chi connectivity index (χ1v) is 10.9. The summed E-state index contributed by atoms with van der Waals surface area (Å²) in [5.41, 5.74) is 1.97. The molecule has 3 heterocycles. The van der Waals surface area contributed by atoms with E-state index in [-0.39, 0.29) is 18.0 Å². The Bertz CT molecular complexity index is 694. The molecule has 0 radical (unpaired) electrons. The first-order valence-electron chi connectivity index (χ1n) is 10.9. The van der Waals surface area contributed by atoms with Gasteiger partial charge in [0.1, 0.15) is 0 Å². The van der Waals surface area contributed by atoms with E-state index in [9.17, 15) is 9.59 Å². The van der Waals surface area contributed by atoms with Crippen molar-refractivity contribution in [2.75, 3.05) is 39.3 Å².